The molecule has 1 N–H and O–H groups in total. The lowest BCUT2D eigenvalue weighted by Gasteiger charge is -2.20. The van der Waals surface area contributed by atoms with Crippen LogP contribution in [0.5, 0.6) is 0 Å². The summed E-state index contributed by atoms with van der Waals surface area (Å²) < 4.78 is 10.6. The van der Waals surface area contributed by atoms with Crippen LogP contribution in [0.15, 0.2) is 0 Å². The topological polar surface area (TPSA) is 30.5 Å². The summed E-state index contributed by atoms with van der Waals surface area (Å²) in [5, 5.41) is 3.15. The molecule has 0 amide bonds. The van der Waals surface area contributed by atoms with Crippen LogP contribution in [0, 0.1) is 0 Å². The van der Waals surface area contributed by atoms with E-state index >= 15 is 0 Å². The number of hydrogen-bond acceptors (Lipinski definition) is 4. The quantitative estimate of drug-likeness (QED) is 0.553. The molecule has 0 spiro atoms. The molecule has 1 rings (SSSR count). The van der Waals surface area contributed by atoms with Crippen LogP contribution in [0.2, 0.25) is 0 Å². The van der Waals surface area contributed by atoms with Crippen LogP contribution in [0.25, 0.3) is 0 Å². The lowest BCUT2D eigenvalue weighted by atomic mass is 10.6. The van der Waals surface area contributed by atoms with Crippen molar-refractivity contribution in [1.29, 1.82) is 0 Å². The average molecular weight is 181 g/mol. The average Bonchev–Trinajstić information content (AvgIpc) is 1.81. The molecule has 3 nitrogen and oxygen atoms in total. The predicted octanol–water partition coefficient (Wildman–Crippen LogP) is 0.562. The van der Waals surface area contributed by atoms with E-state index < -0.39 is 6.49 Å². The van der Waals surface area contributed by atoms with Crippen LogP contribution in [-0.2, 0) is 20.9 Å². The first-order valence-electron chi connectivity index (χ1n) is 3.28. The van der Waals surface area contributed by atoms with Crippen LogP contribution in [-0.4, -0.2) is 33.0 Å². The first-order chi connectivity index (χ1) is 4.71. The second-order valence-corrected chi connectivity index (χ2v) is 6.24. The van der Waals surface area contributed by atoms with Crippen LogP contribution in [0.4, 0.5) is 0 Å². The lowest BCUT2D eigenvalue weighted by molar-refractivity contribution is 0.227. The van der Waals surface area contributed by atoms with Gasteiger partial charge in [-0.3, -0.25) is 0 Å². The smallest absolute Gasteiger partial charge is 0.185 e. The van der Waals surface area contributed by atoms with Gasteiger partial charge in [-0.15, -0.1) is 0 Å². The van der Waals surface area contributed by atoms with Gasteiger partial charge in [0.25, 0.3) is 0 Å². The van der Waals surface area contributed by atoms with Crippen molar-refractivity contribution in [3.05, 3.63) is 0 Å². The third kappa shape index (κ3) is 3.08. The predicted molar refractivity (Wildman–Crippen MR) is 45.0 cm³/mol. The molecule has 1 aliphatic rings. The molecule has 1 fully saturated rings. The minimum absolute atomic E-state index is 0.674. The highest BCUT2D eigenvalue weighted by atomic mass is 32.5. The highest BCUT2D eigenvalue weighted by molar-refractivity contribution is 8.09. The molecule has 1 heterocycles. The third-order valence-electron chi connectivity index (χ3n) is 1.21. The molecule has 5 heteroatoms. The standard InChI is InChI=1S/C5H12NO2PS/c1-9(10)7-4-2-6-3-5-8-9/h6H,2-5H2,1H3. The Morgan fingerprint density at radius 3 is 2.30 bits per heavy atom. The van der Waals surface area contributed by atoms with Crippen LogP contribution >= 0.6 is 6.49 Å². The molecule has 0 radical (unpaired) electrons. The van der Waals surface area contributed by atoms with Crippen molar-refractivity contribution in [1.82, 2.24) is 5.32 Å². The molecule has 0 atom stereocenters. The molecule has 0 aromatic carbocycles. The van der Waals surface area contributed by atoms with E-state index in [-0.39, 0.29) is 0 Å². The van der Waals surface area contributed by atoms with Gasteiger partial charge in [-0.2, -0.15) is 0 Å². The van der Waals surface area contributed by atoms with Gasteiger partial charge < -0.3 is 14.4 Å². The van der Waals surface area contributed by atoms with Crippen molar-refractivity contribution in [2.24, 2.45) is 0 Å². The molecule has 0 unspecified atom stereocenters. The van der Waals surface area contributed by atoms with Gasteiger partial charge in [0, 0.05) is 19.8 Å². The summed E-state index contributed by atoms with van der Waals surface area (Å²) in [4.78, 5) is 0. The highest BCUT2D eigenvalue weighted by Gasteiger charge is 2.12. The molecule has 0 saturated carbocycles. The van der Waals surface area contributed by atoms with Crippen molar-refractivity contribution in [2.45, 2.75) is 0 Å². The van der Waals surface area contributed by atoms with Gasteiger partial charge in [0.05, 0.1) is 13.2 Å². The number of nitrogens with one attached hydrogen (secondary N) is 1. The second-order valence-electron chi connectivity index (χ2n) is 2.19. The maximum absolute atomic E-state index is 5.31. The fourth-order valence-electron chi connectivity index (χ4n) is 0.730. The fourth-order valence-corrected chi connectivity index (χ4v) is 2.10. The molecule has 0 aliphatic carbocycles. The molecule has 0 aromatic heterocycles. The Morgan fingerprint density at radius 2 is 1.80 bits per heavy atom. The lowest BCUT2D eigenvalue weighted by Crippen LogP contribution is -2.26. The van der Waals surface area contributed by atoms with E-state index in [2.05, 4.69) is 5.32 Å². The molecule has 1 saturated heterocycles. The SMILES string of the molecule is CP1(=S)OCCNCCO1. The van der Waals surface area contributed by atoms with E-state index in [1.807, 2.05) is 6.66 Å². The van der Waals surface area contributed by atoms with Gasteiger partial charge in [-0.25, -0.2) is 0 Å². The normalized spacial score (nSPS) is 26.9. The molecular formula is C5H12NO2PS. The maximum atomic E-state index is 5.31. The second kappa shape index (κ2) is 3.79. The Morgan fingerprint density at radius 1 is 1.30 bits per heavy atom. The van der Waals surface area contributed by atoms with Gasteiger partial charge in [0.1, 0.15) is 0 Å². The fraction of sp³-hybridized carbons (Fsp3) is 1.00. The van der Waals surface area contributed by atoms with Crippen molar-refractivity contribution in [3.8, 4) is 0 Å². The number of rotatable bonds is 0. The Balaban J connectivity index is 2.38. The molecule has 10 heavy (non-hydrogen) atoms. The van der Waals surface area contributed by atoms with Gasteiger partial charge in [0.2, 0.25) is 0 Å². The van der Waals surface area contributed by atoms with E-state index in [1.54, 1.807) is 0 Å². The Hall–Kier alpha value is 0.530. The van der Waals surface area contributed by atoms with Gasteiger partial charge in [-0.1, -0.05) is 0 Å². The summed E-state index contributed by atoms with van der Waals surface area (Å²) in [5.41, 5.74) is 0. The summed E-state index contributed by atoms with van der Waals surface area (Å²) in [6, 6.07) is 0. The Labute approximate surface area is 66.3 Å². The van der Waals surface area contributed by atoms with Crippen molar-refractivity contribution in [3.63, 3.8) is 0 Å². The Kier molecular flexibility index (Phi) is 3.27. The Bertz CT molecular complexity index is 141. The van der Waals surface area contributed by atoms with E-state index in [9.17, 15) is 0 Å². The summed E-state index contributed by atoms with van der Waals surface area (Å²) in [6.07, 6.45) is 0. The molecule has 0 aromatic rings. The highest BCUT2D eigenvalue weighted by Crippen LogP contribution is 2.43. The van der Waals surface area contributed by atoms with E-state index in [0.29, 0.717) is 13.2 Å². The zero-order chi connectivity index (χ0) is 7.45. The van der Waals surface area contributed by atoms with E-state index in [4.69, 9.17) is 20.9 Å². The van der Waals surface area contributed by atoms with Crippen molar-refractivity contribution >= 4 is 18.3 Å². The van der Waals surface area contributed by atoms with Crippen LogP contribution in [0.3, 0.4) is 0 Å². The first-order valence-corrected chi connectivity index (χ1v) is 6.36. The summed E-state index contributed by atoms with van der Waals surface area (Å²) in [6.45, 7) is 3.12. The first kappa shape index (κ1) is 8.62. The molecular weight excluding hydrogens is 169 g/mol. The van der Waals surface area contributed by atoms with Gasteiger partial charge in [0.15, 0.2) is 6.49 Å². The van der Waals surface area contributed by atoms with Crippen LogP contribution < -0.4 is 5.32 Å². The summed E-state index contributed by atoms with van der Waals surface area (Å²) >= 11 is 5.08. The van der Waals surface area contributed by atoms with Gasteiger partial charge >= 0.3 is 0 Å². The van der Waals surface area contributed by atoms with E-state index in [1.165, 1.54) is 0 Å². The molecule has 1 aliphatic heterocycles. The monoisotopic (exact) mass is 181 g/mol. The minimum Gasteiger partial charge on any atom is -0.328 e. The minimum atomic E-state index is -1.86. The molecule has 0 bridgehead atoms. The molecule has 60 valence electrons. The summed E-state index contributed by atoms with van der Waals surface area (Å²) in [7, 11) is 0. The number of hydrogen-bond donors (Lipinski definition) is 1. The maximum Gasteiger partial charge on any atom is 0.185 e. The largest absolute Gasteiger partial charge is 0.328 e. The van der Waals surface area contributed by atoms with E-state index in [0.717, 1.165) is 13.1 Å². The van der Waals surface area contributed by atoms with Crippen molar-refractivity contribution < 1.29 is 9.05 Å². The summed E-state index contributed by atoms with van der Waals surface area (Å²) in [5.74, 6) is 0. The van der Waals surface area contributed by atoms with Crippen LogP contribution in [0.1, 0.15) is 0 Å². The van der Waals surface area contributed by atoms with Crippen molar-refractivity contribution in [2.75, 3.05) is 33.0 Å². The zero-order valence-corrected chi connectivity index (χ0v) is 7.71. The van der Waals surface area contributed by atoms with Gasteiger partial charge in [-0.05, 0) is 11.8 Å². The zero-order valence-electron chi connectivity index (χ0n) is 6.00. The third-order valence-corrected chi connectivity index (χ3v) is 3.14.